The monoisotopic (exact) mass is 688 g/mol. The second-order valence-corrected chi connectivity index (χ2v) is 12.4. The molecule has 0 radical (unpaired) electrons. The van der Waals surface area contributed by atoms with E-state index in [-0.39, 0.29) is 28.8 Å². The Morgan fingerprint density at radius 3 is 2.40 bits per heavy atom. The van der Waals surface area contributed by atoms with Gasteiger partial charge in [-0.1, -0.05) is 53.5 Å². The molecular formula is C34H34Cl2N8O4. The van der Waals surface area contributed by atoms with Crippen LogP contribution in [0.1, 0.15) is 30.4 Å². The number of halogens is 2. The molecule has 1 aliphatic carbocycles. The molecule has 0 spiro atoms. The minimum atomic E-state index is -0.513. The summed E-state index contributed by atoms with van der Waals surface area (Å²) in [7, 11) is 4.60. The topological polar surface area (TPSA) is 159 Å². The van der Waals surface area contributed by atoms with Crippen LogP contribution in [0.4, 0.5) is 11.5 Å². The molecule has 248 valence electrons. The van der Waals surface area contributed by atoms with Crippen LogP contribution in [-0.2, 0) is 31.7 Å². The maximum absolute atomic E-state index is 13.0. The first-order valence-corrected chi connectivity index (χ1v) is 16.2. The summed E-state index contributed by atoms with van der Waals surface area (Å²) < 4.78 is 7.91. The molecule has 1 atom stereocenters. The Morgan fingerprint density at radius 2 is 1.71 bits per heavy atom. The number of methoxy groups -OCH3 is 1. The highest BCUT2D eigenvalue weighted by molar-refractivity contribution is 6.39. The third kappa shape index (κ3) is 6.14. The van der Waals surface area contributed by atoms with E-state index < -0.39 is 11.2 Å². The Kier molecular flexibility index (Phi) is 9.49. The van der Waals surface area contributed by atoms with Gasteiger partial charge in [-0.2, -0.15) is 0 Å². The van der Waals surface area contributed by atoms with Crippen molar-refractivity contribution in [2.75, 3.05) is 19.0 Å². The summed E-state index contributed by atoms with van der Waals surface area (Å²) in [6.07, 6.45) is 5.87. The van der Waals surface area contributed by atoms with Crippen LogP contribution < -0.4 is 32.4 Å². The number of aromatic nitrogens is 5. The summed E-state index contributed by atoms with van der Waals surface area (Å²) in [5.74, 6) is 1.01. The van der Waals surface area contributed by atoms with Gasteiger partial charge >= 0.3 is 5.69 Å². The number of anilines is 2. The van der Waals surface area contributed by atoms with E-state index in [1.54, 1.807) is 20.2 Å². The Morgan fingerprint density at radius 1 is 0.979 bits per heavy atom. The molecular weight excluding hydrogens is 655 g/mol. The average Bonchev–Trinajstić information content (AvgIpc) is 3.76. The summed E-state index contributed by atoms with van der Waals surface area (Å²) in [4.78, 5) is 49.0. The number of pyridine rings is 1. The number of nitrogens with two attached hydrogens (primary N) is 1. The molecule has 1 unspecified atom stereocenters. The van der Waals surface area contributed by atoms with Gasteiger partial charge in [0, 0.05) is 55.4 Å². The maximum atomic E-state index is 13.0. The van der Waals surface area contributed by atoms with Gasteiger partial charge < -0.3 is 21.1 Å². The number of rotatable bonds is 6. The second kappa shape index (κ2) is 13.8. The van der Waals surface area contributed by atoms with Crippen LogP contribution in [0, 0.1) is 0 Å². The number of nitrogens with zero attached hydrogens (tertiary/aromatic N) is 5. The summed E-state index contributed by atoms with van der Waals surface area (Å²) in [5, 5.41) is 6.97. The molecule has 1 saturated heterocycles. The second-order valence-electron chi connectivity index (χ2n) is 11.6. The van der Waals surface area contributed by atoms with E-state index in [2.05, 4.69) is 26.7 Å². The van der Waals surface area contributed by atoms with Crippen molar-refractivity contribution >= 4 is 51.6 Å². The molecule has 3 aromatic heterocycles. The molecule has 2 aliphatic rings. The molecule has 5 aromatic rings. The highest BCUT2D eigenvalue weighted by Crippen LogP contribution is 2.43. The van der Waals surface area contributed by atoms with Crippen molar-refractivity contribution in [2.24, 2.45) is 19.8 Å². The van der Waals surface area contributed by atoms with Crippen molar-refractivity contribution in [1.82, 2.24) is 29.4 Å². The maximum Gasteiger partial charge on any atom is 0.332 e. The van der Waals surface area contributed by atoms with E-state index >= 15 is 0 Å². The first kappa shape index (κ1) is 33.1. The van der Waals surface area contributed by atoms with Gasteiger partial charge in [0.15, 0.2) is 5.65 Å². The van der Waals surface area contributed by atoms with E-state index in [0.29, 0.717) is 40.1 Å². The van der Waals surface area contributed by atoms with Crippen molar-refractivity contribution in [1.29, 1.82) is 0 Å². The van der Waals surface area contributed by atoms with E-state index in [4.69, 9.17) is 38.7 Å². The first-order chi connectivity index (χ1) is 23.1. The number of benzene rings is 2. The van der Waals surface area contributed by atoms with Crippen LogP contribution in [-0.4, -0.2) is 49.7 Å². The number of nitrogens with one attached hydrogen (secondary N) is 2. The summed E-state index contributed by atoms with van der Waals surface area (Å²) >= 11 is 13.9. The molecule has 1 fully saturated rings. The predicted molar refractivity (Wildman–Crippen MR) is 187 cm³/mol. The minimum Gasteiger partial charge on any atom is -0.481 e. The van der Waals surface area contributed by atoms with Crippen LogP contribution in [0.25, 0.3) is 33.4 Å². The van der Waals surface area contributed by atoms with Crippen LogP contribution in [0.3, 0.4) is 0 Å². The highest BCUT2D eigenvalue weighted by atomic mass is 35.5. The molecule has 0 saturated carbocycles. The third-order valence-electron chi connectivity index (χ3n) is 8.67. The lowest BCUT2D eigenvalue weighted by atomic mass is 9.99. The Labute approximate surface area is 285 Å². The molecule has 4 N–H and O–H groups in total. The van der Waals surface area contributed by atoms with E-state index in [9.17, 15) is 14.4 Å². The standard InChI is InChI=1S/C29H24Cl2N6O3.C5H10N2O/c1-36-26-22(28(38)37(2)29(36)39)25(32-14-33-26)34-20-12-6-10-18(24(20)31)17-9-5-11-19(23(17)30)21-13-15-7-4-8-16(15)27(35-21)40-3;6-3-4-1-2-5(8)7-4/h5-6,9-14H,4,7-8H2,1-3H3,(H,32,33,34);4H,1-3,6H2,(H,7,8). The quantitative estimate of drug-likeness (QED) is 0.233. The zero-order valence-corrected chi connectivity index (χ0v) is 28.2. The average molecular weight is 690 g/mol. The number of carbonyl (C=O) groups is 1. The van der Waals surface area contributed by atoms with Gasteiger partial charge in [0.1, 0.15) is 17.5 Å². The molecule has 2 aromatic carbocycles. The predicted octanol–water partition coefficient (Wildman–Crippen LogP) is 4.53. The van der Waals surface area contributed by atoms with Gasteiger partial charge in [-0.05, 0) is 43.4 Å². The Balaban J connectivity index is 0.000000441. The van der Waals surface area contributed by atoms with Gasteiger partial charge in [0.2, 0.25) is 11.8 Å². The number of amides is 1. The van der Waals surface area contributed by atoms with E-state index in [0.717, 1.165) is 52.6 Å². The summed E-state index contributed by atoms with van der Waals surface area (Å²) in [6.45, 7) is 0.575. The molecule has 14 heteroatoms. The number of fused-ring (bicyclic) bond motifs is 2. The fourth-order valence-corrected chi connectivity index (χ4v) is 6.70. The minimum absolute atomic E-state index is 0.139. The van der Waals surface area contributed by atoms with E-state index in [1.807, 2.05) is 30.3 Å². The molecule has 1 amide bonds. The van der Waals surface area contributed by atoms with Gasteiger partial charge in [-0.3, -0.25) is 18.7 Å². The van der Waals surface area contributed by atoms with Gasteiger partial charge in [-0.15, -0.1) is 0 Å². The molecule has 4 heterocycles. The lowest BCUT2D eigenvalue weighted by Gasteiger charge is -2.16. The van der Waals surface area contributed by atoms with Gasteiger partial charge in [0.25, 0.3) is 5.56 Å². The lowest BCUT2D eigenvalue weighted by molar-refractivity contribution is -0.119. The number of hydrogen-bond donors (Lipinski definition) is 3. The molecule has 12 nitrogen and oxygen atoms in total. The van der Waals surface area contributed by atoms with Gasteiger partial charge in [-0.25, -0.2) is 19.7 Å². The number of ether oxygens (including phenoxy) is 1. The van der Waals surface area contributed by atoms with Crippen LogP contribution in [0.5, 0.6) is 5.88 Å². The van der Waals surface area contributed by atoms with Crippen LogP contribution >= 0.6 is 23.2 Å². The van der Waals surface area contributed by atoms with Crippen LogP contribution in [0.15, 0.2) is 58.4 Å². The molecule has 48 heavy (non-hydrogen) atoms. The summed E-state index contributed by atoms with van der Waals surface area (Å²) in [6, 6.07) is 13.6. The fourth-order valence-electron chi connectivity index (χ4n) is 6.10. The number of hydrogen-bond acceptors (Lipinski definition) is 9. The SMILES string of the molecule is COc1nc(-c2cccc(-c3cccc(Nc4ncnc5c4c(=O)n(C)c(=O)n5C)c3Cl)c2Cl)cc2c1CCC2.NCC1CCC(=O)N1. The molecule has 0 bridgehead atoms. The highest BCUT2D eigenvalue weighted by Gasteiger charge is 2.22. The van der Waals surface area contributed by atoms with Crippen molar-refractivity contribution < 1.29 is 9.53 Å². The lowest BCUT2D eigenvalue weighted by Crippen LogP contribution is -2.37. The van der Waals surface area contributed by atoms with Crippen LogP contribution in [0.2, 0.25) is 10.0 Å². The third-order valence-corrected chi connectivity index (χ3v) is 9.48. The fraction of sp³-hybridized carbons (Fsp3) is 0.294. The van der Waals surface area contributed by atoms with Gasteiger partial charge in [0.05, 0.1) is 28.5 Å². The van der Waals surface area contributed by atoms with Crippen molar-refractivity contribution in [3.8, 4) is 28.3 Å². The Hall–Kier alpha value is -4.78. The molecule has 1 aliphatic heterocycles. The zero-order chi connectivity index (χ0) is 34.1. The largest absolute Gasteiger partial charge is 0.481 e. The summed E-state index contributed by atoms with van der Waals surface area (Å²) in [5.41, 5.74) is 10.3. The number of carbonyl (C=O) groups excluding carboxylic acids is 1. The number of aryl methyl sites for hydroxylation is 2. The normalized spacial score (nSPS) is 15.1. The Bertz CT molecular complexity index is 2180. The molecule has 7 rings (SSSR count). The first-order valence-electron chi connectivity index (χ1n) is 15.4. The van der Waals surface area contributed by atoms with Crippen molar-refractivity contribution in [3.63, 3.8) is 0 Å². The zero-order valence-electron chi connectivity index (χ0n) is 26.6. The smallest absolute Gasteiger partial charge is 0.332 e. The van der Waals surface area contributed by atoms with Crippen molar-refractivity contribution in [2.45, 2.75) is 38.1 Å². The van der Waals surface area contributed by atoms with Crippen molar-refractivity contribution in [3.05, 3.63) is 90.8 Å². The van der Waals surface area contributed by atoms with E-state index in [1.165, 1.54) is 23.5 Å².